The predicted molar refractivity (Wildman–Crippen MR) is 137 cm³/mol. The van der Waals surface area contributed by atoms with Gasteiger partial charge in [0.15, 0.2) is 11.3 Å². The molecule has 10 nitrogen and oxygen atoms in total. The van der Waals surface area contributed by atoms with Crippen LogP contribution < -0.4 is 20.7 Å². The molecule has 1 saturated heterocycles. The molecule has 3 aromatic rings. The molecule has 0 atom stereocenters. The molecule has 1 fully saturated rings. The van der Waals surface area contributed by atoms with Crippen molar-refractivity contribution < 1.29 is 14.6 Å². The number of aliphatic hydroxyl groups is 1. The molecule has 35 heavy (non-hydrogen) atoms. The van der Waals surface area contributed by atoms with Crippen LogP contribution in [0, 0.1) is 0 Å². The first kappa shape index (κ1) is 25.2. The maximum absolute atomic E-state index is 9.57. The second-order valence-electron chi connectivity index (χ2n) is 8.94. The van der Waals surface area contributed by atoms with Gasteiger partial charge in [0, 0.05) is 44.5 Å². The second-order valence-corrected chi connectivity index (χ2v) is 8.94. The molecule has 0 bridgehead atoms. The molecule has 0 spiro atoms. The number of rotatable bonds is 12. The second kappa shape index (κ2) is 12.1. The average molecular weight is 484 g/mol. The first-order valence-corrected chi connectivity index (χ1v) is 12.4. The van der Waals surface area contributed by atoms with Crippen LogP contribution in [0.1, 0.15) is 43.7 Å². The fourth-order valence-corrected chi connectivity index (χ4v) is 4.42. The van der Waals surface area contributed by atoms with E-state index in [0.29, 0.717) is 36.0 Å². The van der Waals surface area contributed by atoms with Crippen molar-refractivity contribution in [3.05, 3.63) is 35.5 Å². The summed E-state index contributed by atoms with van der Waals surface area (Å²) in [5, 5.41) is 18.0. The Kier molecular flexibility index (Phi) is 8.73. The minimum atomic E-state index is 0.0305. The van der Waals surface area contributed by atoms with Crippen molar-refractivity contribution >= 4 is 22.8 Å². The lowest BCUT2D eigenvalue weighted by molar-refractivity contribution is 0.0776. The number of nitrogens with two attached hydrogens (primary N) is 1. The summed E-state index contributed by atoms with van der Waals surface area (Å²) >= 11 is 0. The minimum absolute atomic E-state index is 0.0305. The van der Waals surface area contributed by atoms with Gasteiger partial charge >= 0.3 is 0 Å². The summed E-state index contributed by atoms with van der Waals surface area (Å²) in [4.78, 5) is 10.9. The maximum Gasteiger partial charge on any atom is 0.222 e. The molecule has 1 aliphatic rings. The van der Waals surface area contributed by atoms with E-state index in [9.17, 15) is 5.11 Å². The Balaban J connectivity index is 1.53. The highest BCUT2D eigenvalue weighted by molar-refractivity contribution is 5.86. The van der Waals surface area contributed by atoms with Gasteiger partial charge in [0.1, 0.15) is 11.3 Å². The van der Waals surface area contributed by atoms with E-state index in [1.54, 1.807) is 7.11 Å². The topological polar surface area (TPSA) is 124 Å². The van der Waals surface area contributed by atoms with E-state index in [1.807, 2.05) is 15.8 Å². The van der Waals surface area contributed by atoms with Gasteiger partial charge in [-0.2, -0.15) is 10.1 Å². The number of anilines is 2. The van der Waals surface area contributed by atoms with E-state index in [4.69, 9.17) is 20.3 Å². The van der Waals surface area contributed by atoms with Crippen molar-refractivity contribution in [1.82, 2.24) is 25.1 Å². The van der Waals surface area contributed by atoms with E-state index in [-0.39, 0.29) is 12.6 Å². The highest BCUT2D eigenvalue weighted by Gasteiger charge is 2.18. The van der Waals surface area contributed by atoms with Crippen LogP contribution in [0.4, 0.5) is 11.8 Å². The Morgan fingerprint density at radius 1 is 1.26 bits per heavy atom. The van der Waals surface area contributed by atoms with Gasteiger partial charge in [0.25, 0.3) is 0 Å². The number of aliphatic hydroxyl groups excluding tert-OH is 1. The summed E-state index contributed by atoms with van der Waals surface area (Å²) in [6.07, 6.45) is 6.00. The molecule has 10 heteroatoms. The molecule has 0 saturated carbocycles. The Labute approximate surface area is 206 Å². The van der Waals surface area contributed by atoms with Crippen molar-refractivity contribution in [1.29, 1.82) is 0 Å². The normalized spacial score (nSPS) is 14.5. The molecule has 0 aliphatic carbocycles. The number of unbranched alkanes of at least 4 members (excludes halogenated alkanes) is 1. The van der Waals surface area contributed by atoms with E-state index in [1.165, 1.54) is 5.56 Å². The van der Waals surface area contributed by atoms with Crippen LogP contribution in [-0.4, -0.2) is 70.9 Å². The van der Waals surface area contributed by atoms with Crippen LogP contribution in [0.2, 0.25) is 0 Å². The molecule has 4 rings (SSSR count). The molecule has 1 aromatic carbocycles. The number of nitrogens with zero attached hydrogens (tertiary/aromatic N) is 5. The number of hydrogen-bond donors (Lipinski definition) is 3. The number of ether oxygens (including phenoxy) is 2. The zero-order chi connectivity index (χ0) is 24.6. The zero-order valence-electron chi connectivity index (χ0n) is 20.7. The molecule has 0 radical (unpaired) electrons. The van der Waals surface area contributed by atoms with Crippen molar-refractivity contribution in [2.75, 3.05) is 50.7 Å². The SMILES string of the molecule is CCCCN(CCO)c1nc(N)nc2cn(Cc3ccc(CNC4CCOCC4)cc3OC)nc12. The van der Waals surface area contributed by atoms with Gasteiger partial charge in [-0.1, -0.05) is 25.5 Å². The van der Waals surface area contributed by atoms with Crippen molar-refractivity contribution in [2.24, 2.45) is 0 Å². The Morgan fingerprint density at radius 3 is 2.83 bits per heavy atom. The monoisotopic (exact) mass is 483 g/mol. The third kappa shape index (κ3) is 6.39. The van der Waals surface area contributed by atoms with Gasteiger partial charge in [0.05, 0.1) is 26.5 Å². The van der Waals surface area contributed by atoms with Gasteiger partial charge in [0.2, 0.25) is 5.95 Å². The maximum atomic E-state index is 9.57. The molecular formula is C25H37N7O3. The lowest BCUT2D eigenvalue weighted by atomic mass is 10.1. The van der Waals surface area contributed by atoms with Crippen molar-refractivity contribution in [3.63, 3.8) is 0 Å². The fraction of sp³-hybridized carbons (Fsp3) is 0.560. The summed E-state index contributed by atoms with van der Waals surface area (Å²) in [5.74, 6) is 1.69. The van der Waals surface area contributed by atoms with Crippen LogP contribution in [0.15, 0.2) is 24.4 Å². The molecule has 190 valence electrons. The molecule has 2 aromatic heterocycles. The van der Waals surface area contributed by atoms with Crippen LogP contribution in [0.25, 0.3) is 11.0 Å². The van der Waals surface area contributed by atoms with Crippen LogP contribution in [-0.2, 0) is 17.8 Å². The summed E-state index contributed by atoms with van der Waals surface area (Å²) in [6.45, 7) is 6.38. The quantitative estimate of drug-likeness (QED) is 0.356. The Bertz CT molecular complexity index is 1100. The molecule has 3 heterocycles. The molecular weight excluding hydrogens is 446 g/mol. The minimum Gasteiger partial charge on any atom is -0.496 e. The lowest BCUT2D eigenvalue weighted by Gasteiger charge is -2.23. The largest absolute Gasteiger partial charge is 0.496 e. The number of hydrogen-bond acceptors (Lipinski definition) is 9. The van der Waals surface area contributed by atoms with Crippen molar-refractivity contribution in [3.8, 4) is 5.75 Å². The lowest BCUT2D eigenvalue weighted by Crippen LogP contribution is -2.34. The van der Waals surface area contributed by atoms with Gasteiger partial charge in [-0.05, 0) is 30.9 Å². The number of fused-ring (bicyclic) bond motifs is 1. The van der Waals surface area contributed by atoms with Gasteiger partial charge < -0.3 is 30.5 Å². The number of nitrogen functional groups attached to an aromatic ring is 1. The Hall–Kier alpha value is -2.95. The molecule has 0 unspecified atom stereocenters. The summed E-state index contributed by atoms with van der Waals surface area (Å²) < 4.78 is 13.0. The first-order chi connectivity index (χ1) is 17.1. The molecule has 0 amide bonds. The zero-order valence-corrected chi connectivity index (χ0v) is 20.7. The van der Waals surface area contributed by atoms with E-state index in [2.05, 4.69) is 40.4 Å². The first-order valence-electron chi connectivity index (χ1n) is 12.4. The summed E-state index contributed by atoms with van der Waals surface area (Å²) in [5.41, 5.74) is 9.58. The van der Waals surface area contributed by atoms with Crippen LogP contribution in [0.5, 0.6) is 5.75 Å². The van der Waals surface area contributed by atoms with Crippen LogP contribution in [0.3, 0.4) is 0 Å². The molecule has 4 N–H and O–H groups in total. The van der Waals surface area contributed by atoms with E-state index >= 15 is 0 Å². The number of nitrogens with one attached hydrogen (secondary N) is 1. The predicted octanol–water partition coefficient (Wildman–Crippen LogP) is 2.33. The van der Waals surface area contributed by atoms with E-state index in [0.717, 1.165) is 63.3 Å². The van der Waals surface area contributed by atoms with E-state index < -0.39 is 0 Å². The standard InChI is InChI=1S/C25H37N7O3/c1-3-4-9-31(10-11-33)24-23-21(28-25(26)29-24)17-32(30-23)16-19-6-5-18(14-22(19)34-2)15-27-20-7-12-35-13-8-20/h5-6,14,17,20,27,33H,3-4,7-13,15-16H2,1-2H3,(H2,26,28). The highest BCUT2D eigenvalue weighted by Crippen LogP contribution is 2.26. The van der Waals surface area contributed by atoms with Gasteiger partial charge in [-0.25, -0.2) is 4.98 Å². The highest BCUT2D eigenvalue weighted by atomic mass is 16.5. The summed E-state index contributed by atoms with van der Waals surface area (Å²) in [7, 11) is 1.69. The summed E-state index contributed by atoms with van der Waals surface area (Å²) in [6, 6.07) is 6.80. The smallest absolute Gasteiger partial charge is 0.222 e. The van der Waals surface area contributed by atoms with Crippen molar-refractivity contribution in [2.45, 2.75) is 51.7 Å². The number of methoxy groups -OCH3 is 1. The Morgan fingerprint density at radius 2 is 2.09 bits per heavy atom. The van der Waals surface area contributed by atoms with Gasteiger partial charge in [-0.3, -0.25) is 4.68 Å². The van der Waals surface area contributed by atoms with Crippen LogP contribution >= 0.6 is 0 Å². The fourth-order valence-electron chi connectivity index (χ4n) is 4.42. The average Bonchev–Trinajstić information content (AvgIpc) is 3.28. The number of aromatic nitrogens is 4. The molecule has 1 aliphatic heterocycles. The third-order valence-electron chi connectivity index (χ3n) is 6.36. The van der Waals surface area contributed by atoms with Gasteiger partial charge in [-0.15, -0.1) is 0 Å². The third-order valence-corrected chi connectivity index (χ3v) is 6.36. The number of benzene rings is 1.